The highest BCUT2D eigenvalue weighted by molar-refractivity contribution is 7.89. The van der Waals surface area contributed by atoms with Gasteiger partial charge in [-0.15, -0.1) is 12.4 Å². The van der Waals surface area contributed by atoms with Crippen molar-refractivity contribution in [2.75, 3.05) is 32.7 Å². The van der Waals surface area contributed by atoms with Crippen LogP contribution in [0.4, 0.5) is 0 Å². The van der Waals surface area contributed by atoms with Crippen LogP contribution in [0.15, 0.2) is 17.2 Å². The third-order valence-corrected chi connectivity index (χ3v) is 6.45. The van der Waals surface area contributed by atoms with Gasteiger partial charge in [0.05, 0.1) is 0 Å². The molecule has 0 atom stereocenters. The third-order valence-electron chi connectivity index (χ3n) is 4.58. The summed E-state index contributed by atoms with van der Waals surface area (Å²) < 4.78 is 28.4. The zero-order valence-corrected chi connectivity index (χ0v) is 15.5. The van der Waals surface area contributed by atoms with Gasteiger partial charge in [0, 0.05) is 51.9 Å². The molecule has 1 amide bonds. The van der Waals surface area contributed by atoms with Gasteiger partial charge < -0.3 is 15.2 Å². The Morgan fingerprint density at radius 3 is 2.54 bits per heavy atom. The van der Waals surface area contributed by atoms with Crippen molar-refractivity contribution in [2.45, 2.75) is 24.2 Å². The molecule has 0 aromatic carbocycles. The van der Waals surface area contributed by atoms with E-state index in [0.29, 0.717) is 31.2 Å². The monoisotopic (exact) mass is 376 g/mol. The smallest absolute Gasteiger partial charge is 0.267 e. The van der Waals surface area contributed by atoms with Gasteiger partial charge in [-0.2, -0.15) is 4.31 Å². The highest BCUT2D eigenvalue weighted by Gasteiger charge is 2.28. The maximum atomic E-state index is 12.7. The van der Waals surface area contributed by atoms with Gasteiger partial charge in [-0.1, -0.05) is 6.42 Å². The molecule has 1 aromatic heterocycles. The van der Waals surface area contributed by atoms with E-state index in [0.717, 1.165) is 32.4 Å². The summed E-state index contributed by atoms with van der Waals surface area (Å²) in [5, 5.41) is 6.03. The number of amides is 1. The van der Waals surface area contributed by atoms with Crippen molar-refractivity contribution in [3.63, 3.8) is 0 Å². The number of aromatic nitrogens is 1. The number of carbonyl (C=O) groups is 1. The zero-order valence-electron chi connectivity index (χ0n) is 13.8. The minimum Gasteiger partial charge on any atom is -0.350 e. The minimum atomic E-state index is -3.50. The number of sulfonamides is 1. The van der Waals surface area contributed by atoms with Crippen LogP contribution in [0.25, 0.3) is 0 Å². The number of piperidine rings is 1. The van der Waals surface area contributed by atoms with Gasteiger partial charge in [0.15, 0.2) is 0 Å². The molecular weight excluding hydrogens is 352 g/mol. The summed E-state index contributed by atoms with van der Waals surface area (Å²) in [6, 6.07) is 1.48. The van der Waals surface area contributed by atoms with Crippen molar-refractivity contribution in [2.24, 2.45) is 13.0 Å². The molecule has 2 saturated heterocycles. The van der Waals surface area contributed by atoms with Crippen molar-refractivity contribution in [1.29, 1.82) is 0 Å². The SMILES string of the molecule is Cl.Cn1cc(S(=O)(=O)N2CCCCC2)cc1C(=O)NCC1CNC1. The van der Waals surface area contributed by atoms with Gasteiger partial charge in [0.1, 0.15) is 10.6 Å². The summed E-state index contributed by atoms with van der Waals surface area (Å²) in [6.45, 7) is 3.58. The number of halogens is 1. The average molecular weight is 377 g/mol. The Hall–Kier alpha value is -1.09. The molecule has 1 aromatic rings. The van der Waals surface area contributed by atoms with E-state index in [1.54, 1.807) is 11.6 Å². The molecule has 0 unspecified atom stereocenters. The van der Waals surface area contributed by atoms with E-state index < -0.39 is 10.0 Å². The lowest BCUT2D eigenvalue weighted by Gasteiger charge is -2.27. The number of aryl methyl sites for hydroxylation is 1. The second-order valence-electron chi connectivity index (χ2n) is 6.37. The number of hydrogen-bond acceptors (Lipinski definition) is 4. The fraction of sp³-hybridized carbons (Fsp3) is 0.667. The number of nitrogens with one attached hydrogen (secondary N) is 2. The summed E-state index contributed by atoms with van der Waals surface area (Å²) in [4.78, 5) is 12.5. The lowest BCUT2D eigenvalue weighted by atomic mass is 10.0. The predicted octanol–water partition coefficient (Wildman–Crippen LogP) is 0.571. The van der Waals surface area contributed by atoms with Crippen LogP contribution in [0.1, 0.15) is 29.8 Å². The van der Waals surface area contributed by atoms with E-state index in [2.05, 4.69) is 10.6 Å². The van der Waals surface area contributed by atoms with Crippen LogP contribution in [0.2, 0.25) is 0 Å². The van der Waals surface area contributed by atoms with Crippen LogP contribution < -0.4 is 10.6 Å². The number of hydrogen-bond donors (Lipinski definition) is 2. The van der Waals surface area contributed by atoms with E-state index in [4.69, 9.17) is 0 Å². The van der Waals surface area contributed by atoms with Gasteiger partial charge in [0.25, 0.3) is 5.91 Å². The summed E-state index contributed by atoms with van der Waals surface area (Å²) in [6.07, 6.45) is 4.40. The normalized spacial score (nSPS) is 19.4. The maximum Gasteiger partial charge on any atom is 0.267 e. The van der Waals surface area contributed by atoms with Gasteiger partial charge in [-0.3, -0.25) is 4.79 Å². The fourth-order valence-electron chi connectivity index (χ4n) is 2.98. The molecule has 0 saturated carbocycles. The van der Waals surface area contributed by atoms with E-state index in [9.17, 15) is 13.2 Å². The molecule has 136 valence electrons. The largest absolute Gasteiger partial charge is 0.350 e. The molecule has 0 spiro atoms. The molecule has 0 aliphatic carbocycles. The minimum absolute atomic E-state index is 0. The van der Waals surface area contributed by atoms with Gasteiger partial charge in [-0.25, -0.2) is 8.42 Å². The highest BCUT2D eigenvalue weighted by Crippen LogP contribution is 2.22. The lowest BCUT2D eigenvalue weighted by Crippen LogP contribution is -2.48. The molecule has 24 heavy (non-hydrogen) atoms. The Morgan fingerprint density at radius 1 is 1.29 bits per heavy atom. The second kappa shape index (κ2) is 7.86. The quantitative estimate of drug-likeness (QED) is 0.787. The molecule has 3 rings (SSSR count). The number of nitrogens with zero attached hydrogens (tertiary/aromatic N) is 2. The van der Waals surface area contributed by atoms with Crippen LogP contribution in [0, 0.1) is 5.92 Å². The van der Waals surface area contributed by atoms with Crippen molar-refractivity contribution in [1.82, 2.24) is 19.5 Å². The molecule has 0 radical (unpaired) electrons. The first kappa shape index (κ1) is 19.2. The van der Waals surface area contributed by atoms with E-state index in [1.807, 2.05) is 0 Å². The first-order chi connectivity index (χ1) is 11.0. The molecule has 3 heterocycles. The first-order valence-corrected chi connectivity index (χ1v) is 9.58. The molecular formula is C15H25ClN4O3S. The van der Waals surface area contributed by atoms with Crippen molar-refractivity contribution < 1.29 is 13.2 Å². The van der Waals surface area contributed by atoms with Crippen molar-refractivity contribution >= 4 is 28.3 Å². The van der Waals surface area contributed by atoms with Crippen LogP contribution in [0.5, 0.6) is 0 Å². The first-order valence-electron chi connectivity index (χ1n) is 8.14. The van der Waals surface area contributed by atoms with Crippen molar-refractivity contribution in [3.8, 4) is 0 Å². The highest BCUT2D eigenvalue weighted by atomic mass is 35.5. The Kier molecular flexibility index (Phi) is 6.30. The van der Waals surface area contributed by atoms with E-state index in [1.165, 1.54) is 16.6 Å². The second-order valence-corrected chi connectivity index (χ2v) is 8.31. The van der Waals surface area contributed by atoms with Gasteiger partial charge in [0.2, 0.25) is 10.0 Å². The summed E-state index contributed by atoms with van der Waals surface area (Å²) in [7, 11) is -1.80. The van der Waals surface area contributed by atoms with Crippen molar-refractivity contribution in [3.05, 3.63) is 18.0 Å². The molecule has 7 nitrogen and oxygen atoms in total. The van der Waals surface area contributed by atoms with E-state index in [-0.39, 0.29) is 23.2 Å². The van der Waals surface area contributed by atoms with E-state index >= 15 is 0 Å². The zero-order chi connectivity index (χ0) is 16.4. The molecule has 2 aliphatic heterocycles. The van der Waals surface area contributed by atoms with Crippen LogP contribution in [-0.4, -0.2) is 55.9 Å². The Morgan fingerprint density at radius 2 is 1.96 bits per heavy atom. The Labute approximate surface area is 149 Å². The Balaban J connectivity index is 0.00000208. The topological polar surface area (TPSA) is 83.4 Å². The summed E-state index contributed by atoms with van der Waals surface area (Å²) >= 11 is 0. The summed E-state index contributed by atoms with van der Waals surface area (Å²) in [5.74, 6) is 0.246. The van der Waals surface area contributed by atoms with Gasteiger partial charge in [-0.05, 0) is 18.9 Å². The number of rotatable bonds is 5. The lowest BCUT2D eigenvalue weighted by molar-refractivity contribution is 0.0934. The molecule has 0 bridgehead atoms. The number of carbonyl (C=O) groups excluding carboxylic acids is 1. The summed E-state index contributed by atoms with van der Waals surface area (Å²) in [5.41, 5.74) is 0.382. The molecule has 2 fully saturated rings. The molecule has 2 aliphatic rings. The standard InChI is InChI=1S/C15H24N4O3S.ClH/c1-18-11-13(23(21,22)19-5-3-2-4-6-19)7-14(18)15(20)17-10-12-8-16-9-12;/h7,11-12,16H,2-6,8-10H2,1H3,(H,17,20);1H. The fourth-order valence-corrected chi connectivity index (χ4v) is 4.56. The molecule has 2 N–H and O–H groups in total. The average Bonchev–Trinajstić information content (AvgIpc) is 2.89. The Bertz CT molecular complexity index is 679. The third kappa shape index (κ3) is 3.93. The van der Waals surface area contributed by atoms with Gasteiger partial charge >= 0.3 is 0 Å². The maximum absolute atomic E-state index is 12.7. The predicted molar refractivity (Wildman–Crippen MR) is 94.0 cm³/mol. The van der Waals surface area contributed by atoms with Crippen LogP contribution in [0.3, 0.4) is 0 Å². The molecule has 9 heteroatoms. The van der Waals surface area contributed by atoms with Crippen LogP contribution in [-0.2, 0) is 17.1 Å². The van der Waals surface area contributed by atoms with Crippen LogP contribution >= 0.6 is 12.4 Å².